The molecule has 0 bridgehead atoms. The fourth-order valence-corrected chi connectivity index (χ4v) is 5.83. The molecule has 0 amide bonds. The molecule has 2 aromatic heterocycles. The van der Waals surface area contributed by atoms with Gasteiger partial charge in [0.2, 0.25) is 10.0 Å². The normalized spacial score (nSPS) is 13.7. The van der Waals surface area contributed by atoms with Crippen molar-refractivity contribution in [3.05, 3.63) is 51.5 Å². The van der Waals surface area contributed by atoms with Crippen LogP contribution >= 0.6 is 22.7 Å². The molecule has 0 saturated heterocycles. The minimum atomic E-state index is -3.20. The second kappa shape index (κ2) is 7.61. The maximum atomic E-state index is 12.2. The minimum absolute atomic E-state index is 0.126. The molecule has 0 atom stereocenters. The van der Waals surface area contributed by atoms with Gasteiger partial charge in [-0.2, -0.15) is 0 Å². The van der Waals surface area contributed by atoms with Crippen molar-refractivity contribution < 1.29 is 8.42 Å². The van der Waals surface area contributed by atoms with E-state index in [1.165, 1.54) is 9.18 Å². The van der Waals surface area contributed by atoms with Gasteiger partial charge in [-0.15, -0.1) is 22.7 Å². The van der Waals surface area contributed by atoms with Crippen LogP contribution in [0.15, 0.2) is 41.1 Å². The smallest absolute Gasteiger partial charge is 0.234 e. The summed E-state index contributed by atoms with van der Waals surface area (Å²) in [5.74, 6) is 0.126. The number of rotatable bonds is 7. The van der Waals surface area contributed by atoms with E-state index < -0.39 is 10.0 Å². The van der Waals surface area contributed by atoms with Crippen LogP contribution in [0.1, 0.15) is 17.4 Å². The summed E-state index contributed by atoms with van der Waals surface area (Å²) in [6.07, 6.45) is 1.74. The van der Waals surface area contributed by atoms with E-state index in [-0.39, 0.29) is 5.75 Å². The highest BCUT2D eigenvalue weighted by atomic mass is 32.2. The molecule has 1 aromatic carbocycles. The highest BCUT2D eigenvalue weighted by Crippen LogP contribution is 2.34. The Hall–Kier alpha value is -1.90. The van der Waals surface area contributed by atoms with Crippen molar-refractivity contribution in [3.8, 4) is 11.3 Å². The summed E-state index contributed by atoms with van der Waals surface area (Å²) in [6.45, 7) is 3.08. The molecule has 0 fully saturated rings. The third-order valence-electron chi connectivity index (χ3n) is 4.66. The SMILES string of the molecule is CCS(=O)(=O)N1CCc2cc(-c3csc(NCCc4cccs4)n3)ccc21. The zero-order valence-electron chi connectivity index (χ0n) is 15.0. The van der Waals surface area contributed by atoms with Gasteiger partial charge >= 0.3 is 0 Å². The molecule has 1 N–H and O–H groups in total. The highest BCUT2D eigenvalue weighted by Gasteiger charge is 2.28. The first-order valence-electron chi connectivity index (χ1n) is 8.92. The van der Waals surface area contributed by atoms with E-state index in [0.717, 1.165) is 47.0 Å². The van der Waals surface area contributed by atoms with E-state index in [2.05, 4.69) is 33.9 Å². The summed E-state index contributed by atoms with van der Waals surface area (Å²) in [5.41, 5.74) is 3.85. The quantitative estimate of drug-likeness (QED) is 0.622. The van der Waals surface area contributed by atoms with Crippen molar-refractivity contribution in [3.63, 3.8) is 0 Å². The van der Waals surface area contributed by atoms with Gasteiger partial charge in [0.15, 0.2) is 5.13 Å². The maximum absolute atomic E-state index is 12.2. The van der Waals surface area contributed by atoms with Crippen LogP contribution in [0, 0.1) is 0 Å². The summed E-state index contributed by atoms with van der Waals surface area (Å²) < 4.78 is 26.0. The molecule has 1 aliphatic heterocycles. The van der Waals surface area contributed by atoms with Gasteiger partial charge in [0.25, 0.3) is 0 Å². The van der Waals surface area contributed by atoms with Crippen LogP contribution in [0.25, 0.3) is 11.3 Å². The number of aromatic nitrogens is 1. The summed E-state index contributed by atoms with van der Waals surface area (Å²) >= 11 is 3.37. The number of thiazole rings is 1. The topological polar surface area (TPSA) is 62.3 Å². The summed E-state index contributed by atoms with van der Waals surface area (Å²) in [6, 6.07) is 10.2. The Morgan fingerprint density at radius 1 is 1.26 bits per heavy atom. The van der Waals surface area contributed by atoms with Crippen LogP contribution in [0.3, 0.4) is 0 Å². The van der Waals surface area contributed by atoms with Crippen molar-refractivity contribution >= 4 is 43.5 Å². The fraction of sp³-hybridized carbons (Fsp3) is 0.316. The Kier molecular flexibility index (Phi) is 5.21. The van der Waals surface area contributed by atoms with Crippen LogP contribution in [-0.2, 0) is 22.9 Å². The average Bonchev–Trinajstić information content (AvgIpc) is 3.41. The molecule has 5 nitrogen and oxygen atoms in total. The van der Waals surface area contributed by atoms with E-state index in [0.29, 0.717) is 6.54 Å². The van der Waals surface area contributed by atoms with E-state index in [9.17, 15) is 8.42 Å². The number of nitrogens with zero attached hydrogens (tertiary/aromatic N) is 2. The lowest BCUT2D eigenvalue weighted by Crippen LogP contribution is -2.30. The Morgan fingerprint density at radius 2 is 2.15 bits per heavy atom. The molecule has 0 aliphatic carbocycles. The van der Waals surface area contributed by atoms with E-state index >= 15 is 0 Å². The number of benzene rings is 1. The van der Waals surface area contributed by atoms with E-state index in [4.69, 9.17) is 0 Å². The van der Waals surface area contributed by atoms with Crippen LogP contribution in [-0.4, -0.2) is 32.2 Å². The van der Waals surface area contributed by atoms with Crippen LogP contribution < -0.4 is 9.62 Å². The molecular formula is C19H21N3O2S3. The second-order valence-electron chi connectivity index (χ2n) is 6.36. The van der Waals surface area contributed by atoms with Crippen molar-refractivity contribution in [1.29, 1.82) is 0 Å². The fourth-order valence-electron chi connectivity index (χ4n) is 3.21. The Labute approximate surface area is 167 Å². The molecule has 4 rings (SSSR count). The molecular weight excluding hydrogens is 398 g/mol. The van der Waals surface area contributed by atoms with Gasteiger partial charge in [-0.25, -0.2) is 13.4 Å². The molecule has 3 aromatic rings. The Bertz CT molecular complexity index is 1030. The number of fused-ring (bicyclic) bond motifs is 1. The monoisotopic (exact) mass is 419 g/mol. The summed E-state index contributed by atoms with van der Waals surface area (Å²) in [7, 11) is -3.20. The second-order valence-corrected chi connectivity index (χ2v) is 10.4. The molecule has 0 spiro atoms. The highest BCUT2D eigenvalue weighted by molar-refractivity contribution is 7.92. The van der Waals surface area contributed by atoms with Crippen molar-refractivity contribution in [2.24, 2.45) is 0 Å². The van der Waals surface area contributed by atoms with Gasteiger partial charge in [0, 0.05) is 28.9 Å². The third-order valence-corrected chi connectivity index (χ3v) is 8.18. The van der Waals surface area contributed by atoms with Gasteiger partial charge < -0.3 is 5.32 Å². The Morgan fingerprint density at radius 3 is 2.93 bits per heavy atom. The summed E-state index contributed by atoms with van der Waals surface area (Å²) in [5, 5.41) is 8.44. The molecule has 3 heterocycles. The number of sulfonamides is 1. The third kappa shape index (κ3) is 3.88. The van der Waals surface area contributed by atoms with Crippen molar-refractivity contribution in [2.45, 2.75) is 19.8 Å². The molecule has 142 valence electrons. The first-order chi connectivity index (χ1) is 13.1. The van der Waals surface area contributed by atoms with Gasteiger partial charge in [-0.1, -0.05) is 12.1 Å². The standard InChI is InChI=1S/C19H21N3O2S3/c1-2-27(23,24)22-10-8-15-12-14(5-6-18(15)22)17-13-26-19(21-17)20-9-7-16-4-3-11-25-16/h3-6,11-13H,2,7-10H2,1H3,(H,20,21). The molecule has 8 heteroatoms. The predicted octanol–water partition coefficient (Wildman–Crippen LogP) is 4.24. The van der Waals surface area contributed by atoms with Crippen LogP contribution in [0.2, 0.25) is 0 Å². The molecule has 0 unspecified atom stereocenters. The Balaban J connectivity index is 1.46. The molecule has 1 aliphatic rings. The van der Waals surface area contributed by atoms with Gasteiger partial charge in [-0.05, 0) is 48.9 Å². The van der Waals surface area contributed by atoms with Crippen LogP contribution in [0.4, 0.5) is 10.8 Å². The minimum Gasteiger partial charge on any atom is -0.361 e. The van der Waals surface area contributed by atoms with Crippen molar-refractivity contribution in [2.75, 3.05) is 28.5 Å². The first-order valence-corrected chi connectivity index (χ1v) is 12.3. The number of hydrogen-bond donors (Lipinski definition) is 1. The molecule has 0 radical (unpaired) electrons. The molecule has 0 saturated carbocycles. The number of anilines is 2. The lowest BCUT2D eigenvalue weighted by molar-refractivity contribution is 0.593. The maximum Gasteiger partial charge on any atom is 0.234 e. The largest absolute Gasteiger partial charge is 0.361 e. The lowest BCUT2D eigenvalue weighted by atomic mass is 10.1. The van der Waals surface area contributed by atoms with Crippen molar-refractivity contribution in [1.82, 2.24) is 4.98 Å². The predicted molar refractivity (Wildman–Crippen MR) is 115 cm³/mol. The number of thiophene rings is 1. The molecule has 27 heavy (non-hydrogen) atoms. The van der Waals surface area contributed by atoms with Gasteiger partial charge in [0.05, 0.1) is 17.1 Å². The number of nitrogens with one attached hydrogen (secondary N) is 1. The van der Waals surface area contributed by atoms with Gasteiger partial charge in [0.1, 0.15) is 0 Å². The summed E-state index contributed by atoms with van der Waals surface area (Å²) in [4.78, 5) is 6.05. The lowest BCUT2D eigenvalue weighted by Gasteiger charge is -2.18. The first kappa shape index (κ1) is 18.5. The van der Waals surface area contributed by atoms with E-state index in [1.54, 1.807) is 29.6 Å². The van der Waals surface area contributed by atoms with E-state index in [1.807, 2.05) is 17.5 Å². The van der Waals surface area contributed by atoms with Gasteiger partial charge in [-0.3, -0.25) is 4.31 Å². The zero-order valence-corrected chi connectivity index (χ0v) is 17.5. The average molecular weight is 420 g/mol. The number of hydrogen-bond acceptors (Lipinski definition) is 6. The van der Waals surface area contributed by atoms with Crippen LogP contribution in [0.5, 0.6) is 0 Å². The zero-order chi connectivity index (χ0) is 18.9.